The van der Waals surface area contributed by atoms with Gasteiger partial charge in [-0.05, 0) is 46.2 Å². The van der Waals surface area contributed by atoms with Crippen LogP contribution in [0.2, 0.25) is 0 Å². The van der Waals surface area contributed by atoms with E-state index in [-0.39, 0.29) is 0 Å². The predicted molar refractivity (Wildman–Crippen MR) is 82.5 cm³/mol. The Morgan fingerprint density at radius 1 is 1.26 bits per heavy atom. The number of hydrogen-bond acceptors (Lipinski definition) is 2. The van der Waals surface area contributed by atoms with E-state index >= 15 is 0 Å². The molecule has 0 aromatic heterocycles. The first kappa shape index (κ1) is 14.5. The van der Waals surface area contributed by atoms with Crippen LogP contribution in [0.1, 0.15) is 50.3 Å². The number of piperidine rings is 1. The molecule has 1 aromatic rings. The summed E-state index contributed by atoms with van der Waals surface area (Å²) in [6, 6.07) is 10.7. The molecule has 2 heteroatoms. The predicted octanol–water partition coefficient (Wildman–Crippen LogP) is 3.52. The van der Waals surface area contributed by atoms with Gasteiger partial charge in [0.1, 0.15) is 0 Å². The summed E-state index contributed by atoms with van der Waals surface area (Å²) in [4.78, 5) is 2.67. The Morgan fingerprint density at radius 3 is 2.53 bits per heavy atom. The third-order valence-electron chi connectivity index (χ3n) is 4.56. The normalized spacial score (nSPS) is 26.3. The number of hydrogen-bond donors (Lipinski definition) is 1. The molecule has 3 atom stereocenters. The molecule has 1 fully saturated rings. The fourth-order valence-electron chi connectivity index (χ4n) is 3.30. The molecule has 106 valence electrons. The maximum atomic E-state index is 3.49. The molecule has 19 heavy (non-hydrogen) atoms. The van der Waals surface area contributed by atoms with Gasteiger partial charge in [0.05, 0.1) is 0 Å². The van der Waals surface area contributed by atoms with Gasteiger partial charge in [-0.25, -0.2) is 0 Å². The summed E-state index contributed by atoms with van der Waals surface area (Å²) in [5.74, 6) is 0. The molecule has 0 spiro atoms. The Hall–Kier alpha value is -0.860. The Labute approximate surface area is 118 Å². The lowest BCUT2D eigenvalue weighted by Crippen LogP contribution is -2.47. The van der Waals surface area contributed by atoms with Crippen LogP contribution in [-0.2, 0) is 0 Å². The lowest BCUT2D eigenvalue weighted by atomic mass is 9.95. The van der Waals surface area contributed by atoms with Gasteiger partial charge in [-0.1, -0.05) is 36.2 Å². The molecule has 0 radical (unpaired) electrons. The van der Waals surface area contributed by atoms with Crippen LogP contribution in [0.3, 0.4) is 0 Å². The molecule has 1 aliphatic heterocycles. The number of likely N-dealkylation sites (tertiary alicyclic amines) is 1. The molecule has 1 aromatic carbocycles. The van der Waals surface area contributed by atoms with Crippen LogP contribution in [0.25, 0.3) is 0 Å². The zero-order valence-electron chi connectivity index (χ0n) is 12.8. The van der Waals surface area contributed by atoms with Crippen molar-refractivity contribution >= 4 is 0 Å². The Morgan fingerprint density at radius 2 is 1.95 bits per heavy atom. The van der Waals surface area contributed by atoms with Crippen LogP contribution >= 0.6 is 0 Å². The highest BCUT2D eigenvalue weighted by Gasteiger charge is 2.26. The van der Waals surface area contributed by atoms with Crippen molar-refractivity contribution in [1.29, 1.82) is 0 Å². The van der Waals surface area contributed by atoms with Gasteiger partial charge in [-0.2, -0.15) is 0 Å². The van der Waals surface area contributed by atoms with Gasteiger partial charge in [0.2, 0.25) is 0 Å². The molecule has 2 nitrogen and oxygen atoms in total. The van der Waals surface area contributed by atoms with E-state index in [1.54, 1.807) is 0 Å². The van der Waals surface area contributed by atoms with E-state index in [1.807, 2.05) is 0 Å². The van der Waals surface area contributed by atoms with E-state index in [9.17, 15) is 0 Å². The molecule has 0 bridgehead atoms. The number of likely N-dealkylation sites (N-methyl/N-ethyl adjacent to an activating group) is 1. The van der Waals surface area contributed by atoms with Gasteiger partial charge in [0.25, 0.3) is 0 Å². The smallest absolute Gasteiger partial charge is 0.0447 e. The summed E-state index contributed by atoms with van der Waals surface area (Å²) in [6.45, 7) is 8.03. The molecule has 2 rings (SSSR count). The molecule has 1 heterocycles. The third kappa shape index (κ3) is 3.58. The standard InChI is InChI=1S/C17H28N2/c1-13-7-5-10-16(11-13)17(18-4)12-19-14(2)8-6-9-15(19)3/h5,7,10-11,14-15,17-18H,6,8-9,12H2,1-4H3/t14-,15+,17?. The lowest BCUT2D eigenvalue weighted by molar-refractivity contribution is 0.0920. The van der Waals surface area contributed by atoms with E-state index in [2.05, 4.69) is 62.3 Å². The first-order valence-electron chi connectivity index (χ1n) is 7.61. The highest BCUT2D eigenvalue weighted by atomic mass is 15.2. The summed E-state index contributed by atoms with van der Waals surface area (Å²) in [6.07, 6.45) is 4.07. The van der Waals surface area contributed by atoms with Crippen molar-refractivity contribution in [2.24, 2.45) is 0 Å². The zero-order valence-corrected chi connectivity index (χ0v) is 12.8. The molecule has 1 unspecified atom stereocenters. The van der Waals surface area contributed by atoms with Crippen molar-refractivity contribution in [1.82, 2.24) is 10.2 Å². The van der Waals surface area contributed by atoms with Crippen molar-refractivity contribution < 1.29 is 0 Å². The van der Waals surface area contributed by atoms with Crippen LogP contribution in [0.15, 0.2) is 24.3 Å². The minimum Gasteiger partial charge on any atom is -0.312 e. The Kier molecular flexibility index (Phi) is 5.00. The third-order valence-corrected chi connectivity index (χ3v) is 4.56. The van der Waals surface area contributed by atoms with E-state index in [1.165, 1.54) is 30.4 Å². The minimum atomic E-state index is 0.433. The minimum absolute atomic E-state index is 0.433. The van der Waals surface area contributed by atoms with Gasteiger partial charge >= 0.3 is 0 Å². The maximum Gasteiger partial charge on any atom is 0.0447 e. The van der Waals surface area contributed by atoms with Crippen molar-refractivity contribution in [3.8, 4) is 0 Å². The second-order valence-electron chi connectivity index (χ2n) is 6.08. The maximum absolute atomic E-state index is 3.49. The van der Waals surface area contributed by atoms with Crippen LogP contribution in [0.5, 0.6) is 0 Å². The second kappa shape index (κ2) is 6.53. The Balaban J connectivity index is 2.10. The zero-order chi connectivity index (χ0) is 13.8. The van der Waals surface area contributed by atoms with Crippen LogP contribution in [0.4, 0.5) is 0 Å². The van der Waals surface area contributed by atoms with Crippen LogP contribution < -0.4 is 5.32 Å². The van der Waals surface area contributed by atoms with Crippen molar-refractivity contribution in [3.63, 3.8) is 0 Å². The van der Waals surface area contributed by atoms with Gasteiger partial charge in [0, 0.05) is 24.7 Å². The summed E-state index contributed by atoms with van der Waals surface area (Å²) >= 11 is 0. The number of nitrogens with zero attached hydrogens (tertiary/aromatic N) is 1. The Bertz CT molecular complexity index is 392. The van der Waals surface area contributed by atoms with Gasteiger partial charge in [0.15, 0.2) is 0 Å². The number of benzene rings is 1. The van der Waals surface area contributed by atoms with Gasteiger partial charge < -0.3 is 5.32 Å². The van der Waals surface area contributed by atoms with Crippen molar-refractivity contribution in [2.45, 2.75) is 58.2 Å². The SMILES string of the molecule is CNC(CN1[C@H](C)CCC[C@@H]1C)c1cccc(C)c1. The monoisotopic (exact) mass is 260 g/mol. The first-order valence-corrected chi connectivity index (χ1v) is 7.61. The quantitative estimate of drug-likeness (QED) is 0.891. The highest BCUT2D eigenvalue weighted by Crippen LogP contribution is 2.25. The van der Waals surface area contributed by atoms with Crippen molar-refractivity contribution in [2.75, 3.05) is 13.6 Å². The van der Waals surface area contributed by atoms with E-state index in [0.717, 1.165) is 6.54 Å². The topological polar surface area (TPSA) is 15.3 Å². The van der Waals surface area contributed by atoms with E-state index in [4.69, 9.17) is 0 Å². The molecule has 1 N–H and O–H groups in total. The number of aryl methyl sites for hydroxylation is 1. The average molecular weight is 260 g/mol. The van der Waals surface area contributed by atoms with Crippen LogP contribution in [0, 0.1) is 6.92 Å². The van der Waals surface area contributed by atoms with E-state index < -0.39 is 0 Å². The molecular weight excluding hydrogens is 232 g/mol. The molecule has 0 aliphatic carbocycles. The number of rotatable bonds is 4. The fourth-order valence-corrected chi connectivity index (χ4v) is 3.30. The average Bonchev–Trinajstić information content (AvgIpc) is 2.38. The van der Waals surface area contributed by atoms with Gasteiger partial charge in [-0.15, -0.1) is 0 Å². The summed E-state index contributed by atoms with van der Waals surface area (Å²) < 4.78 is 0. The molecule has 1 aliphatic rings. The summed E-state index contributed by atoms with van der Waals surface area (Å²) in [5, 5.41) is 3.49. The van der Waals surface area contributed by atoms with Gasteiger partial charge in [-0.3, -0.25) is 4.90 Å². The first-order chi connectivity index (χ1) is 9.11. The number of nitrogens with one attached hydrogen (secondary N) is 1. The van der Waals surface area contributed by atoms with E-state index in [0.29, 0.717) is 18.1 Å². The lowest BCUT2D eigenvalue weighted by Gasteiger charge is -2.41. The van der Waals surface area contributed by atoms with Crippen molar-refractivity contribution in [3.05, 3.63) is 35.4 Å². The van der Waals surface area contributed by atoms with Crippen LogP contribution in [-0.4, -0.2) is 30.6 Å². The summed E-state index contributed by atoms with van der Waals surface area (Å²) in [5.41, 5.74) is 2.75. The summed E-state index contributed by atoms with van der Waals surface area (Å²) in [7, 11) is 2.08. The molecular formula is C17H28N2. The second-order valence-corrected chi connectivity index (χ2v) is 6.08. The fraction of sp³-hybridized carbons (Fsp3) is 0.647. The molecule has 0 saturated carbocycles. The highest BCUT2D eigenvalue weighted by molar-refractivity contribution is 5.25. The molecule has 1 saturated heterocycles. The largest absolute Gasteiger partial charge is 0.312 e. The molecule has 0 amide bonds.